The van der Waals surface area contributed by atoms with E-state index in [1.54, 1.807) is 7.05 Å². The van der Waals surface area contributed by atoms with E-state index in [1.165, 1.54) is 9.25 Å². The third-order valence-corrected chi connectivity index (χ3v) is 4.32. The maximum atomic E-state index is 12.4. The summed E-state index contributed by atoms with van der Waals surface area (Å²) in [5.74, 6) is 0.288. The van der Waals surface area contributed by atoms with Crippen molar-refractivity contribution >= 4 is 5.91 Å². The Morgan fingerprint density at radius 3 is 2.42 bits per heavy atom. The summed E-state index contributed by atoms with van der Waals surface area (Å²) >= 11 is 0. The second-order valence-electron chi connectivity index (χ2n) is 6.39. The molecule has 0 saturated carbocycles. The predicted octanol–water partition coefficient (Wildman–Crippen LogP) is 2.43. The smallest absolute Gasteiger partial charge is 0.346 e. The molecule has 1 N–H and O–H groups in total. The first-order valence-electron chi connectivity index (χ1n) is 8.51. The van der Waals surface area contributed by atoms with E-state index in [-0.39, 0.29) is 24.2 Å². The van der Waals surface area contributed by atoms with E-state index in [4.69, 9.17) is 0 Å². The normalized spacial score (nSPS) is 12.0. The van der Waals surface area contributed by atoms with Gasteiger partial charge >= 0.3 is 5.69 Å². The van der Waals surface area contributed by atoms with Crippen molar-refractivity contribution in [3.63, 3.8) is 0 Å². The maximum Gasteiger partial charge on any atom is 0.346 e. The molecule has 26 heavy (non-hydrogen) atoms. The fraction of sp³-hybridized carbons (Fsp3) is 0.250. The van der Waals surface area contributed by atoms with E-state index in [9.17, 15) is 9.59 Å². The number of nitrogens with zero attached hydrogens (tertiary/aromatic N) is 3. The van der Waals surface area contributed by atoms with Gasteiger partial charge in [0.1, 0.15) is 6.54 Å². The average molecular weight is 350 g/mol. The molecule has 3 rings (SSSR count). The summed E-state index contributed by atoms with van der Waals surface area (Å²) in [6.45, 7) is 3.79. The van der Waals surface area contributed by atoms with Crippen molar-refractivity contribution in [2.75, 3.05) is 0 Å². The number of hydrogen-bond acceptors (Lipinski definition) is 3. The summed E-state index contributed by atoms with van der Waals surface area (Å²) in [4.78, 5) is 24.7. The Morgan fingerprint density at radius 1 is 1.12 bits per heavy atom. The lowest BCUT2D eigenvalue weighted by atomic mass is 10.1. The van der Waals surface area contributed by atoms with Crippen molar-refractivity contribution in [2.24, 2.45) is 7.05 Å². The molecule has 0 radical (unpaired) electrons. The molecule has 0 unspecified atom stereocenters. The van der Waals surface area contributed by atoms with Crippen LogP contribution in [0.2, 0.25) is 0 Å². The highest BCUT2D eigenvalue weighted by atomic mass is 16.2. The Kier molecular flexibility index (Phi) is 5.02. The van der Waals surface area contributed by atoms with Crippen LogP contribution in [0, 0.1) is 6.92 Å². The molecule has 0 fully saturated rings. The Morgan fingerprint density at radius 2 is 1.77 bits per heavy atom. The molecule has 134 valence electrons. The van der Waals surface area contributed by atoms with Crippen molar-refractivity contribution in [1.29, 1.82) is 0 Å². The first-order chi connectivity index (χ1) is 12.5. The monoisotopic (exact) mass is 350 g/mol. The van der Waals surface area contributed by atoms with Gasteiger partial charge in [0.15, 0.2) is 5.82 Å². The van der Waals surface area contributed by atoms with Gasteiger partial charge in [-0.3, -0.25) is 9.36 Å². The van der Waals surface area contributed by atoms with Gasteiger partial charge in [-0.2, -0.15) is 0 Å². The van der Waals surface area contributed by atoms with Gasteiger partial charge in [0.2, 0.25) is 5.91 Å². The second-order valence-corrected chi connectivity index (χ2v) is 6.39. The van der Waals surface area contributed by atoms with E-state index >= 15 is 0 Å². The van der Waals surface area contributed by atoms with Gasteiger partial charge in [0.05, 0.1) is 6.04 Å². The third-order valence-electron chi connectivity index (χ3n) is 4.32. The summed E-state index contributed by atoms with van der Waals surface area (Å²) in [6, 6.07) is 17.3. The number of carbonyl (C=O) groups is 1. The average Bonchev–Trinajstić information content (AvgIpc) is 2.91. The molecular formula is C20H22N4O2. The lowest BCUT2D eigenvalue weighted by Crippen LogP contribution is -2.34. The van der Waals surface area contributed by atoms with Gasteiger partial charge in [-0.15, -0.1) is 5.10 Å². The van der Waals surface area contributed by atoms with Crippen molar-refractivity contribution in [1.82, 2.24) is 19.7 Å². The largest absolute Gasteiger partial charge is 0.348 e. The minimum atomic E-state index is -0.317. The Hall–Kier alpha value is -3.15. The van der Waals surface area contributed by atoms with Gasteiger partial charge in [-0.05, 0) is 19.4 Å². The fourth-order valence-corrected chi connectivity index (χ4v) is 2.79. The van der Waals surface area contributed by atoms with E-state index in [0.29, 0.717) is 5.82 Å². The zero-order valence-electron chi connectivity index (χ0n) is 15.1. The Bertz CT molecular complexity index is 956. The van der Waals surface area contributed by atoms with Crippen LogP contribution in [0.15, 0.2) is 59.4 Å². The lowest BCUT2D eigenvalue weighted by Gasteiger charge is -2.13. The molecular weight excluding hydrogens is 328 g/mol. The summed E-state index contributed by atoms with van der Waals surface area (Å²) < 4.78 is 2.65. The molecule has 6 nitrogen and oxygen atoms in total. The van der Waals surface area contributed by atoms with Gasteiger partial charge in [-0.25, -0.2) is 9.48 Å². The molecule has 0 bridgehead atoms. The minimum absolute atomic E-state index is 0.115. The van der Waals surface area contributed by atoms with E-state index < -0.39 is 0 Å². The number of amides is 1. The SMILES string of the molecule is Cc1ccc(-c2nn(CC(=O)N[C@H](C)c3ccccc3)c(=O)n2C)cc1. The van der Waals surface area contributed by atoms with Gasteiger partial charge in [-0.1, -0.05) is 60.2 Å². The van der Waals surface area contributed by atoms with Crippen LogP contribution in [0.5, 0.6) is 0 Å². The van der Waals surface area contributed by atoms with Crippen LogP contribution in [0.3, 0.4) is 0 Å². The van der Waals surface area contributed by atoms with Crippen LogP contribution < -0.4 is 11.0 Å². The quantitative estimate of drug-likeness (QED) is 0.768. The fourth-order valence-electron chi connectivity index (χ4n) is 2.79. The molecule has 1 atom stereocenters. The number of aryl methyl sites for hydroxylation is 1. The van der Waals surface area contributed by atoms with E-state index in [2.05, 4.69) is 10.4 Å². The summed E-state index contributed by atoms with van der Waals surface area (Å²) in [6.07, 6.45) is 0. The predicted molar refractivity (Wildman–Crippen MR) is 101 cm³/mol. The molecule has 1 heterocycles. The summed E-state index contributed by atoms with van der Waals surface area (Å²) in [5, 5.41) is 7.24. The summed E-state index contributed by atoms with van der Waals surface area (Å²) in [5.41, 5.74) is 2.66. The van der Waals surface area contributed by atoms with Crippen LogP contribution in [0.1, 0.15) is 24.1 Å². The Balaban J connectivity index is 1.76. The number of carbonyl (C=O) groups excluding carboxylic acids is 1. The summed E-state index contributed by atoms with van der Waals surface area (Å²) in [7, 11) is 1.66. The molecule has 0 spiro atoms. The molecule has 2 aromatic carbocycles. The van der Waals surface area contributed by atoms with Crippen LogP contribution in [0.4, 0.5) is 0 Å². The molecule has 1 aromatic heterocycles. The van der Waals surface area contributed by atoms with E-state index in [0.717, 1.165) is 16.7 Å². The number of nitrogens with one attached hydrogen (secondary N) is 1. The Labute approximate surface area is 152 Å². The van der Waals surface area contributed by atoms with Gasteiger partial charge in [0, 0.05) is 12.6 Å². The van der Waals surface area contributed by atoms with Gasteiger partial charge in [0.25, 0.3) is 0 Å². The van der Waals surface area contributed by atoms with Crippen LogP contribution in [-0.2, 0) is 18.4 Å². The number of hydrogen-bond donors (Lipinski definition) is 1. The molecule has 0 aliphatic rings. The van der Waals surface area contributed by atoms with Crippen LogP contribution in [0.25, 0.3) is 11.4 Å². The minimum Gasteiger partial charge on any atom is -0.348 e. The third kappa shape index (κ3) is 3.74. The molecule has 0 saturated heterocycles. The first-order valence-corrected chi connectivity index (χ1v) is 8.51. The standard InChI is InChI=1S/C20H22N4O2/c1-14-9-11-17(12-10-14)19-22-24(20(26)23(19)3)13-18(25)21-15(2)16-7-5-4-6-8-16/h4-12,15H,13H2,1-3H3,(H,21,25)/t15-/m1/s1. The topological polar surface area (TPSA) is 68.9 Å². The molecule has 0 aliphatic carbocycles. The molecule has 3 aromatic rings. The van der Waals surface area contributed by atoms with Crippen LogP contribution in [-0.4, -0.2) is 20.3 Å². The van der Waals surface area contributed by atoms with Crippen molar-refractivity contribution in [3.8, 4) is 11.4 Å². The maximum absolute atomic E-state index is 12.4. The zero-order valence-corrected chi connectivity index (χ0v) is 15.1. The highest BCUT2D eigenvalue weighted by Gasteiger charge is 2.16. The van der Waals surface area contributed by atoms with Crippen LogP contribution >= 0.6 is 0 Å². The van der Waals surface area contributed by atoms with Crippen molar-refractivity contribution in [3.05, 3.63) is 76.2 Å². The first kappa shape index (κ1) is 17.7. The number of benzene rings is 2. The number of aromatic nitrogens is 3. The highest BCUT2D eigenvalue weighted by Crippen LogP contribution is 2.15. The lowest BCUT2D eigenvalue weighted by molar-refractivity contribution is -0.122. The molecule has 6 heteroatoms. The number of rotatable bonds is 5. The molecule has 1 amide bonds. The molecule has 0 aliphatic heterocycles. The van der Waals surface area contributed by atoms with Crippen molar-refractivity contribution < 1.29 is 4.79 Å². The zero-order chi connectivity index (χ0) is 18.7. The highest BCUT2D eigenvalue weighted by molar-refractivity contribution is 5.76. The second kappa shape index (κ2) is 7.39. The van der Waals surface area contributed by atoms with Gasteiger partial charge < -0.3 is 5.32 Å². The van der Waals surface area contributed by atoms with E-state index in [1.807, 2.05) is 68.4 Å². The van der Waals surface area contributed by atoms with Crippen molar-refractivity contribution in [2.45, 2.75) is 26.4 Å².